The molecule has 2 heterocycles. The number of aromatic nitrogens is 3. The first kappa shape index (κ1) is 17.9. The topological polar surface area (TPSA) is 71.8 Å². The maximum atomic E-state index is 12.4. The predicted octanol–water partition coefficient (Wildman–Crippen LogP) is 4.37. The van der Waals surface area contributed by atoms with Crippen LogP contribution in [0.2, 0.25) is 0 Å². The van der Waals surface area contributed by atoms with Crippen LogP contribution in [0.1, 0.15) is 66.7 Å². The second kappa shape index (κ2) is 7.15. The normalized spacial score (nSPS) is 15.4. The van der Waals surface area contributed by atoms with Crippen molar-refractivity contribution >= 4 is 23.2 Å². The van der Waals surface area contributed by atoms with Gasteiger partial charge in [-0.15, -0.1) is 11.3 Å². The average Bonchev–Trinajstić information content (AvgIpc) is 3.26. The van der Waals surface area contributed by atoms with Crippen LogP contribution in [0.15, 0.2) is 6.20 Å². The van der Waals surface area contributed by atoms with Gasteiger partial charge in [-0.2, -0.15) is 5.10 Å². The minimum absolute atomic E-state index is 0.202. The highest BCUT2D eigenvalue weighted by molar-refractivity contribution is 7.11. The molecule has 6 nitrogen and oxygen atoms in total. The lowest BCUT2D eigenvalue weighted by Crippen LogP contribution is -2.30. The van der Waals surface area contributed by atoms with Crippen molar-refractivity contribution in [3.05, 3.63) is 27.3 Å². The number of aryl methyl sites for hydroxylation is 2. The monoisotopic (exact) mass is 361 g/mol. The molecule has 1 fully saturated rings. The second-order valence-corrected chi connectivity index (χ2v) is 8.34. The fourth-order valence-corrected chi connectivity index (χ4v) is 3.87. The molecule has 0 unspecified atom stereocenters. The summed E-state index contributed by atoms with van der Waals surface area (Å²) < 4.78 is 1.95. The van der Waals surface area contributed by atoms with E-state index in [-0.39, 0.29) is 6.03 Å². The second-order valence-electron chi connectivity index (χ2n) is 7.22. The van der Waals surface area contributed by atoms with E-state index in [9.17, 15) is 4.79 Å². The molecule has 2 aromatic heterocycles. The predicted molar refractivity (Wildman–Crippen MR) is 101 cm³/mol. The van der Waals surface area contributed by atoms with E-state index in [2.05, 4.69) is 41.5 Å². The Morgan fingerprint density at radius 1 is 1.36 bits per heavy atom. The van der Waals surface area contributed by atoms with Gasteiger partial charge in [0.25, 0.3) is 0 Å². The van der Waals surface area contributed by atoms with Crippen molar-refractivity contribution < 1.29 is 4.79 Å². The van der Waals surface area contributed by atoms with E-state index in [1.165, 1.54) is 12.8 Å². The Hall–Kier alpha value is -1.89. The van der Waals surface area contributed by atoms with E-state index >= 15 is 0 Å². The first-order chi connectivity index (χ1) is 11.9. The molecule has 0 saturated heterocycles. The lowest BCUT2D eigenvalue weighted by atomic mass is 10.2. The van der Waals surface area contributed by atoms with Gasteiger partial charge in [0.05, 0.1) is 29.5 Å². The van der Waals surface area contributed by atoms with E-state index in [4.69, 9.17) is 0 Å². The minimum atomic E-state index is -0.202. The number of amides is 2. The van der Waals surface area contributed by atoms with Gasteiger partial charge in [-0.05, 0) is 39.5 Å². The standard InChI is InChI=1S/C18H27N5OS/c1-10(2)17-21-12(4)15(25-17)9-19-18(24)22-16-11(3)8-20-23(16)13(5)14-6-7-14/h8,10,13-14H,6-7,9H2,1-5H3,(H2,19,22,24)/t13-/m1/s1. The van der Waals surface area contributed by atoms with Gasteiger partial charge in [0, 0.05) is 16.4 Å². The van der Waals surface area contributed by atoms with Crippen molar-refractivity contribution in [3.63, 3.8) is 0 Å². The van der Waals surface area contributed by atoms with Crippen molar-refractivity contribution in [1.82, 2.24) is 20.1 Å². The summed E-state index contributed by atoms with van der Waals surface area (Å²) in [4.78, 5) is 18.1. The number of thiazole rings is 1. The van der Waals surface area contributed by atoms with Crippen molar-refractivity contribution in [2.75, 3.05) is 5.32 Å². The number of nitrogens with zero attached hydrogens (tertiary/aromatic N) is 3. The summed E-state index contributed by atoms with van der Waals surface area (Å²) in [5.74, 6) is 1.88. The quantitative estimate of drug-likeness (QED) is 0.802. The number of urea groups is 1. The summed E-state index contributed by atoms with van der Waals surface area (Å²) in [5.41, 5.74) is 1.98. The van der Waals surface area contributed by atoms with Crippen LogP contribution in [-0.2, 0) is 6.54 Å². The van der Waals surface area contributed by atoms with Gasteiger partial charge in [0.2, 0.25) is 0 Å². The first-order valence-electron chi connectivity index (χ1n) is 8.92. The Kier molecular flexibility index (Phi) is 5.13. The smallest absolute Gasteiger partial charge is 0.320 e. The number of carbonyl (C=O) groups excluding carboxylic acids is 1. The molecule has 0 bridgehead atoms. The molecule has 0 aromatic carbocycles. The molecule has 25 heavy (non-hydrogen) atoms. The van der Waals surface area contributed by atoms with Gasteiger partial charge in [-0.25, -0.2) is 14.5 Å². The summed E-state index contributed by atoms with van der Waals surface area (Å²) in [6.45, 7) is 10.9. The number of nitrogens with one attached hydrogen (secondary N) is 2. The van der Waals surface area contributed by atoms with E-state index in [1.807, 2.05) is 24.7 Å². The molecule has 0 aliphatic heterocycles. The van der Waals surface area contributed by atoms with Gasteiger partial charge >= 0.3 is 6.03 Å². The largest absolute Gasteiger partial charge is 0.333 e. The molecule has 2 amide bonds. The zero-order chi connectivity index (χ0) is 18.1. The SMILES string of the molecule is Cc1cnn([C@H](C)C2CC2)c1NC(=O)NCc1sc(C(C)C)nc1C. The van der Waals surface area contributed by atoms with Gasteiger partial charge in [0.1, 0.15) is 5.82 Å². The van der Waals surface area contributed by atoms with E-state index in [0.29, 0.717) is 24.4 Å². The van der Waals surface area contributed by atoms with Gasteiger partial charge in [0.15, 0.2) is 0 Å². The highest BCUT2D eigenvalue weighted by Gasteiger charge is 2.31. The molecule has 2 N–H and O–H groups in total. The zero-order valence-electron chi connectivity index (χ0n) is 15.6. The van der Waals surface area contributed by atoms with Crippen molar-refractivity contribution in [1.29, 1.82) is 0 Å². The Labute approximate surface area is 153 Å². The first-order valence-corrected chi connectivity index (χ1v) is 9.73. The van der Waals surface area contributed by atoms with E-state index in [0.717, 1.165) is 27.0 Å². The number of carbonyl (C=O) groups is 1. The summed E-state index contributed by atoms with van der Waals surface area (Å²) in [6, 6.07) is 0.119. The van der Waals surface area contributed by atoms with Crippen LogP contribution >= 0.6 is 11.3 Å². The lowest BCUT2D eigenvalue weighted by molar-refractivity contribution is 0.251. The molecule has 1 atom stereocenters. The summed E-state index contributed by atoms with van der Waals surface area (Å²) in [7, 11) is 0. The van der Waals surface area contributed by atoms with Crippen LogP contribution in [-0.4, -0.2) is 20.8 Å². The Bertz CT molecular complexity index is 760. The molecule has 1 saturated carbocycles. The van der Waals surface area contributed by atoms with Gasteiger partial charge in [-0.3, -0.25) is 5.32 Å². The maximum absolute atomic E-state index is 12.4. The molecule has 3 rings (SSSR count). The highest BCUT2D eigenvalue weighted by atomic mass is 32.1. The van der Waals surface area contributed by atoms with E-state index in [1.54, 1.807) is 11.3 Å². The molecule has 0 spiro atoms. The fraction of sp³-hybridized carbons (Fsp3) is 0.611. The third-order valence-electron chi connectivity index (χ3n) is 4.71. The number of rotatable bonds is 6. The molecule has 1 aliphatic rings. The maximum Gasteiger partial charge on any atom is 0.320 e. The fourth-order valence-electron chi connectivity index (χ4n) is 2.87. The molecule has 0 radical (unpaired) electrons. The Morgan fingerprint density at radius 3 is 2.68 bits per heavy atom. The molecular weight excluding hydrogens is 334 g/mol. The van der Waals surface area contributed by atoms with Crippen LogP contribution in [0.3, 0.4) is 0 Å². The minimum Gasteiger partial charge on any atom is -0.333 e. The highest BCUT2D eigenvalue weighted by Crippen LogP contribution is 2.40. The van der Waals surface area contributed by atoms with E-state index < -0.39 is 0 Å². The molecule has 136 valence electrons. The zero-order valence-corrected chi connectivity index (χ0v) is 16.4. The van der Waals surface area contributed by atoms with Crippen LogP contribution in [0.4, 0.5) is 10.6 Å². The van der Waals surface area contributed by atoms with Crippen LogP contribution in [0.25, 0.3) is 0 Å². The van der Waals surface area contributed by atoms with Gasteiger partial charge < -0.3 is 5.32 Å². The summed E-state index contributed by atoms with van der Waals surface area (Å²) in [6.07, 6.45) is 4.31. The molecule has 2 aromatic rings. The van der Waals surface area contributed by atoms with Crippen molar-refractivity contribution in [2.45, 2.75) is 66.0 Å². The number of hydrogen-bond acceptors (Lipinski definition) is 4. The Balaban J connectivity index is 1.62. The third kappa shape index (κ3) is 4.03. The average molecular weight is 362 g/mol. The molecule has 1 aliphatic carbocycles. The number of hydrogen-bond donors (Lipinski definition) is 2. The number of anilines is 1. The third-order valence-corrected chi connectivity index (χ3v) is 6.17. The molecule has 7 heteroatoms. The van der Waals surface area contributed by atoms with Gasteiger partial charge in [-0.1, -0.05) is 13.8 Å². The van der Waals surface area contributed by atoms with Crippen molar-refractivity contribution in [3.8, 4) is 0 Å². The van der Waals surface area contributed by atoms with Crippen LogP contribution in [0, 0.1) is 19.8 Å². The Morgan fingerprint density at radius 2 is 2.08 bits per heavy atom. The van der Waals surface area contributed by atoms with Crippen molar-refractivity contribution in [2.24, 2.45) is 5.92 Å². The summed E-state index contributed by atoms with van der Waals surface area (Å²) >= 11 is 1.67. The van der Waals surface area contributed by atoms with Crippen LogP contribution < -0.4 is 10.6 Å². The molecular formula is C18H27N5OS. The van der Waals surface area contributed by atoms with Crippen LogP contribution in [0.5, 0.6) is 0 Å². The summed E-state index contributed by atoms with van der Waals surface area (Å²) in [5, 5.41) is 11.5. The lowest BCUT2D eigenvalue weighted by Gasteiger charge is -2.16.